The maximum absolute atomic E-state index is 12.4. The Morgan fingerprint density at radius 3 is 2.77 bits per heavy atom. The molecule has 0 saturated heterocycles. The minimum atomic E-state index is -3.64. The first kappa shape index (κ1) is 19.7. The van der Waals surface area contributed by atoms with Gasteiger partial charge in [0.1, 0.15) is 5.75 Å². The summed E-state index contributed by atoms with van der Waals surface area (Å²) in [5.41, 5.74) is 1.08. The Kier molecular flexibility index (Phi) is 7.64. The maximum atomic E-state index is 12.4. The summed E-state index contributed by atoms with van der Waals surface area (Å²) in [5, 5.41) is 3.43. The summed E-state index contributed by atoms with van der Waals surface area (Å²) in [6.07, 6.45) is 2.84. The van der Waals surface area contributed by atoms with Crippen LogP contribution in [-0.4, -0.2) is 35.2 Å². The van der Waals surface area contributed by atoms with Crippen LogP contribution < -0.4 is 14.8 Å². The second-order valence-electron chi connectivity index (χ2n) is 4.56. The Morgan fingerprint density at radius 1 is 1.45 bits per heavy atom. The van der Waals surface area contributed by atoms with Gasteiger partial charge in [-0.25, -0.2) is 13.1 Å². The maximum Gasteiger partial charge on any atom is 0.242 e. The molecule has 0 atom stereocenters. The van der Waals surface area contributed by atoms with Crippen molar-refractivity contribution in [1.29, 1.82) is 0 Å². The number of ether oxygens (including phenoxy) is 1. The monoisotopic (exact) mass is 430 g/mol. The van der Waals surface area contributed by atoms with Crippen molar-refractivity contribution in [3.05, 3.63) is 33.3 Å². The molecule has 1 aliphatic heterocycles. The van der Waals surface area contributed by atoms with E-state index in [0.29, 0.717) is 16.8 Å². The molecule has 0 saturated carbocycles. The first-order valence-electron chi connectivity index (χ1n) is 6.35. The molecule has 1 aromatic carbocycles. The highest BCUT2D eigenvalue weighted by molar-refractivity contribution is 9.10. The zero-order valence-electron chi connectivity index (χ0n) is 11.9. The van der Waals surface area contributed by atoms with Gasteiger partial charge < -0.3 is 10.1 Å². The molecule has 22 heavy (non-hydrogen) atoms. The van der Waals surface area contributed by atoms with Crippen molar-refractivity contribution in [2.75, 3.05) is 26.7 Å². The number of hydrogen-bond acceptors (Lipinski definition) is 4. The minimum Gasteiger partial charge on any atom is -0.495 e. The van der Waals surface area contributed by atoms with Gasteiger partial charge >= 0.3 is 0 Å². The second-order valence-corrected chi connectivity index (χ2v) is 7.56. The van der Waals surface area contributed by atoms with Gasteiger partial charge in [-0.05, 0) is 41.0 Å². The molecule has 5 nitrogen and oxygen atoms in total. The Morgan fingerprint density at radius 2 is 2.18 bits per heavy atom. The summed E-state index contributed by atoms with van der Waals surface area (Å²) in [6.45, 7) is 1.95. The van der Waals surface area contributed by atoms with Crippen molar-refractivity contribution in [3.63, 3.8) is 0 Å². The molecule has 2 rings (SSSR count). The second kappa shape index (κ2) is 8.52. The number of halogens is 3. The molecule has 0 aromatic heterocycles. The van der Waals surface area contributed by atoms with E-state index in [-0.39, 0.29) is 22.3 Å². The number of nitrogens with one attached hydrogen (secondary N) is 2. The number of rotatable bonds is 5. The summed E-state index contributed by atoms with van der Waals surface area (Å²) in [5.74, 6) is 0.420. The van der Waals surface area contributed by atoms with E-state index in [0.717, 1.165) is 25.1 Å². The van der Waals surface area contributed by atoms with Crippen molar-refractivity contribution < 1.29 is 13.2 Å². The predicted octanol–water partition coefficient (Wildman–Crippen LogP) is 2.73. The third kappa shape index (κ3) is 4.84. The standard InChI is InChI=1S/C13H16BrClN2O3S.ClH/c1-20-12-6-10(14)13(7-11(12)15)21(18,19)17-8-9-2-4-16-5-3-9;/h2,6-7,16-17H,3-5,8H2,1H3;1H. The summed E-state index contributed by atoms with van der Waals surface area (Å²) in [4.78, 5) is 0.0998. The van der Waals surface area contributed by atoms with Crippen LogP contribution in [0.25, 0.3) is 0 Å². The highest BCUT2D eigenvalue weighted by Crippen LogP contribution is 2.33. The van der Waals surface area contributed by atoms with Gasteiger partial charge in [-0.15, -0.1) is 12.4 Å². The minimum absolute atomic E-state index is 0. The quantitative estimate of drug-likeness (QED) is 0.703. The van der Waals surface area contributed by atoms with Crippen LogP contribution in [0, 0.1) is 0 Å². The molecule has 124 valence electrons. The lowest BCUT2D eigenvalue weighted by Gasteiger charge is -2.15. The van der Waals surface area contributed by atoms with Gasteiger partial charge in [-0.3, -0.25) is 0 Å². The van der Waals surface area contributed by atoms with Crippen LogP contribution in [0.2, 0.25) is 5.02 Å². The van der Waals surface area contributed by atoms with Crippen LogP contribution in [0.5, 0.6) is 5.75 Å². The molecule has 1 aromatic rings. The summed E-state index contributed by atoms with van der Waals surface area (Å²) in [7, 11) is -2.16. The third-order valence-electron chi connectivity index (χ3n) is 3.14. The molecule has 2 N–H and O–H groups in total. The first-order chi connectivity index (χ1) is 9.94. The van der Waals surface area contributed by atoms with E-state index >= 15 is 0 Å². The van der Waals surface area contributed by atoms with Crippen molar-refractivity contribution in [3.8, 4) is 5.75 Å². The van der Waals surface area contributed by atoms with Crippen molar-refractivity contribution in [2.45, 2.75) is 11.3 Å². The van der Waals surface area contributed by atoms with Crippen molar-refractivity contribution in [1.82, 2.24) is 10.0 Å². The average molecular weight is 432 g/mol. The molecule has 0 spiro atoms. The van der Waals surface area contributed by atoms with E-state index in [1.54, 1.807) is 6.07 Å². The summed E-state index contributed by atoms with van der Waals surface area (Å²) < 4.78 is 32.8. The Hall–Kier alpha value is -0.310. The van der Waals surface area contributed by atoms with Crippen molar-refractivity contribution >= 4 is 50.0 Å². The van der Waals surface area contributed by atoms with E-state index < -0.39 is 10.0 Å². The van der Waals surface area contributed by atoms with Gasteiger partial charge in [0.05, 0.1) is 17.0 Å². The number of benzene rings is 1. The lowest BCUT2D eigenvalue weighted by molar-refractivity contribution is 0.414. The Labute approximate surface area is 150 Å². The molecule has 0 unspecified atom stereocenters. The van der Waals surface area contributed by atoms with Gasteiger partial charge in [0.2, 0.25) is 10.0 Å². The van der Waals surface area contributed by atoms with Crippen LogP contribution in [0.15, 0.2) is 33.2 Å². The van der Waals surface area contributed by atoms with E-state index in [1.165, 1.54) is 13.2 Å². The van der Waals surface area contributed by atoms with E-state index in [4.69, 9.17) is 16.3 Å². The third-order valence-corrected chi connectivity index (χ3v) is 5.80. The van der Waals surface area contributed by atoms with Gasteiger partial charge in [0, 0.05) is 17.6 Å². The Bertz CT molecular complexity index is 665. The van der Waals surface area contributed by atoms with E-state index in [2.05, 4.69) is 26.0 Å². The summed E-state index contributed by atoms with van der Waals surface area (Å²) in [6, 6.07) is 2.92. The normalized spacial score (nSPS) is 15.0. The average Bonchev–Trinajstić information content (AvgIpc) is 2.48. The molecule has 1 aliphatic rings. The molecule has 0 aliphatic carbocycles. The molecule has 0 radical (unpaired) electrons. The zero-order valence-corrected chi connectivity index (χ0v) is 15.8. The fraction of sp³-hybridized carbons (Fsp3) is 0.385. The lowest BCUT2D eigenvalue weighted by Crippen LogP contribution is -2.30. The highest BCUT2D eigenvalue weighted by atomic mass is 79.9. The van der Waals surface area contributed by atoms with Gasteiger partial charge in [0.25, 0.3) is 0 Å². The molecular formula is C13H17BrCl2N2O3S. The fourth-order valence-corrected chi connectivity index (χ4v) is 4.36. The first-order valence-corrected chi connectivity index (χ1v) is 9.01. The molecule has 0 bridgehead atoms. The number of methoxy groups -OCH3 is 1. The molecular weight excluding hydrogens is 415 g/mol. The fourth-order valence-electron chi connectivity index (χ4n) is 1.97. The predicted molar refractivity (Wildman–Crippen MR) is 93.7 cm³/mol. The van der Waals surface area contributed by atoms with Gasteiger partial charge in [-0.1, -0.05) is 23.3 Å². The zero-order chi connectivity index (χ0) is 15.5. The van der Waals surface area contributed by atoms with Gasteiger partial charge in [0.15, 0.2) is 0 Å². The van der Waals surface area contributed by atoms with E-state index in [1.807, 2.05) is 6.08 Å². The van der Waals surface area contributed by atoms with E-state index in [9.17, 15) is 8.42 Å². The van der Waals surface area contributed by atoms with Gasteiger partial charge in [-0.2, -0.15) is 0 Å². The Balaban J connectivity index is 0.00000242. The number of sulfonamides is 1. The molecule has 9 heteroatoms. The summed E-state index contributed by atoms with van der Waals surface area (Å²) >= 11 is 9.24. The highest BCUT2D eigenvalue weighted by Gasteiger charge is 2.20. The molecule has 0 fully saturated rings. The van der Waals surface area contributed by atoms with Crippen molar-refractivity contribution in [2.24, 2.45) is 0 Å². The van der Waals surface area contributed by atoms with Crippen LogP contribution in [0.4, 0.5) is 0 Å². The SMILES string of the molecule is COc1cc(Br)c(S(=O)(=O)NCC2=CCNCC2)cc1Cl.Cl. The number of hydrogen-bond donors (Lipinski definition) is 2. The lowest BCUT2D eigenvalue weighted by atomic mass is 10.1. The molecule has 0 amide bonds. The van der Waals surface area contributed by atoms with Crippen LogP contribution in [0.3, 0.4) is 0 Å². The topological polar surface area (TPSA) is 67.4 Å². The molecule has 1 heterocycles. The van der Waals surface area contributed by atoms with Crippen LogP contribution in [0.1, 0.15) is 6.42 Å². The largest absolute Gasteiger partial charge is 0.495 e. The van der Waals surface area contributed by atoms with Crippen LogP contribution >= 0.6 is 39.9 Å². The van der Waals surface area contributed by atoms with Crippen LogP contribution in [-0.2, 0) is 10.0 Å². The smallest absolute Gasteiger partial charge is 0.242 e.